The van der Waals surface area contributed by atoms with E-state index in [2.05, 4.69) is 32.1 Å². The molecule has 0 saturated carbocycles. The van der Waals surface area contributed by atoms with Crippen LogP contribution in [-0.2, 0) is 16.0 Å². The van der Waals surface area contributed by atoms with Gasteiger partial charge < -0.3 is 19.4 Å². The molecule has 2 aliphatic heterocycles. The number of aromatic nitrogens is 2. The van der Waals surface area contributed by atoms with E-state index in [4.69, 9.17) is 4.74 Å². The molecular weight excluding hydrogens is 366 g/mol. The first kappa shape index (κ1) is 19.6. The number of benzene rings is 1. The lowest BCUT2D eigenvalue weighted by atomic mass is 10.1. The number of rotatable bonds is 6. The van der Waals surface area contributed by atoms with Crippen LogP contribution in [0.3, 0.4) is 0 Å². The van der Waals surface area contributed by atoms with Crippen molar-refractivity contribution in [2.24, 2.45) is 0 Å². The summed E-state index contributed by atoms with van der Waals surface area (Å²) in [6, 6.07) is 14.4. The summed E-state index contributed by atoms with van der Waals surface area (Å²) in [6.07, 6.45) is 2.47. The zero-order chi connectivity index (χ0) is 19.9. The predicted molar refractivity (Wildman–Crippen MR) is 113 cm³/mol. The average Bonchev–Trinajstić information content (AvgIpc) is 2.80. The fraction of sp³-hybridized carbons (Fsp3) is 0.500. The number of carbonyl (C=O) groups excluding carboxylic acids is 1. The van der Waals surface area contributed by atoms with Gasteiger partial charge in [-0.2, -0.15) is 0 Å². The molecule has 154 valence electrons. The monoisotopic (exact) mass is 395 g/mol. The lowest BCUT2D eigenvalue weighted by molar-refractivity contribution is -0.131. The fourth-order valence-electron chi connectivity index (χ4n) is 3.88. The third kappa shape index (κ3) is 5.23. The van der Waals surface area contributed by atoms with E-state index in [1.54, 1.807) is 0 Å². The molecule has 3 heterocycles. The SMILES string of the molecule is O=C(CCCc1ccccc1)N1CCN(c2ccc(N3CCOCC3)nn2)CC1. The van der Waals surface area contributed by atoms with Crippen LogP contribution >= 0.6 is 0 Å². The van der Waals surface area contributed by atoms with Crippen molar-refractivity contribution in [2.75, 3.05) is 62.3 Å². The van der Waals surface area contributed by atoms with Crippen LogP contribution in [0.15, 0.2) is 42.5 Å². The normalized spacial score (nSPS) is 17.4. The van der Waals surface area contributed by atoms with Crippen LogP contribution in [0.4, 0.5) is 11.6 Å². The topological polar surface area (TPSA) is 61.8 Å². The van der Waals surface area contributed by atoms with Crippen molar-refractivity contribution in [3.63, 3.8) is 0 Å². The maximum atomic E-state index is 12.5. The minimum Gasteiger partial charge on any atom is -0.378 e. The smallest absolute Gasteiger partial charge is 0.222 e. The predicted octanol–water partition coefficient (Wildman–Crippen LogP) is 1.98. The minimum absolute atomic E-state index is 0.259. The van der Waals surface area contributed by atoms with Crippen molar-refractivity contribution in [3.8, 4) is 0 Å². The van der Waals surface area contributed by atoms with Crippen molar-refractivity contribution in [1.29, 1.82) is 0 Å². The molecule has 0 bridgehead atoms. The van der Waals surface area contributed by atoms with Crippen molar-refractivity contribution in [2.45, 2.75) is 19.3 Å². The molecule has 7 nitrogen and oxygen atoms in total. The Morgan fingerprint density at radius 2 is 1.45 bits per heavy atom. The van der Waals surface area contributed by atoms with Gasteiger partial charge in [0, 0.05) is 45.7 Å². The third-order valence-corrected chi connectivity index (χ3v) is 5.63. The summed E-state index contributed by atoms with van der Waals surface area (Å²) < 4.78 is 5.39. The van der Waals surface area contributed by atoms with Crippen LogP contribution in [0, 0.1) is 0 Å². The van der Waals surface area contributed by atoms with Crippen LogP contribution in [0.5, 0.6) is 0 Å². The number of hydrogen-bond acceptors (Lipinski definition) is 6. The van der Waals surface area contributed by atoms with Crippen LogP contribution in [0.2, 0.25) is 0 Å². The second-order valence-corrected chi connectivity index (χ2v) is 7.56. The molecule has 2 saturated heterocycles. The minimum atomic E-state index is 0.259. The number of ether oxygens (including phenoxy) is 1. The van der Waals surface area contributed by atoms with Gasteiger partial charge in [0.05, 0.1) is 13.2 Å². The Morgan fingerprint density at radius 1 is 0.828 bits per heavy atom. The summed E-state index contributed by atoms with van der Waals surface area (Å²) in [6.45, 7) is 6.30. The Hall–Kier alpha value is -2.67. The van der Waals surface area contributed by atoms with Gasteiger partial charge in [-0.05, 0) is 30.5 Å². The number of nitrogens with zero attached hydrogens (tertiary/aromatic N) is 5. The summed E-state index contributed by atoms with van der Waals surface area (Å²) in [4.78, 5) is 18.9. The molecule has 1 aromatic heterocycles. The summed E-state index contributed by atoms with van der Waals surface area (Å²) in [5, 5.41) is 8.82. The van der Waals surface area contributed by atoms with Gasteiger partial charge in [-0.15, -0.1) is 10.2 Å². The Morgan fingerprint density at radius 3 is 2.07 bits per heavy atom. The van der Waals surface area contributed by atoms with Gasteiger partial charge in [0.2, 0.25) is 5.91 Å². The van der Waals surface area contributed by atoms with E-state index in [1.165, 1.54) is 5.56 Å². The highest BCUT2D eigenvalue weighted by atomic mass is 16.5. The van der Waals surface area contributed by atoms with E-state index in [0.717, 1.165) is 77.0 Å². The molecule has 1 aromatic carbocycles. The van der Waals surface area contributed by atoms with Crippen LogP contribution in [0.1, 0.15) is 18.4 Å². The Kier molecular flexibility index (Phi) is 6.56. The van der Waals surface area contributed by atoms with Gasteiger partial charge >= 0.3 is 0 Å². The molecule has 0 radical (unpaired) electrons. The van der Waals surface area contributed by atoms with E-state index in [1.807, 2.05) is 35.2 Å². The van der Waals surface area contributed by atoms with Crippen molar-refractivity contribution in [3.05, 3.63) is 48.0 Å². The molecule has 0 spiro atoms. The van der Waals surface area contributed by atoms with Crippen molar-refractivity contribution >= 4 is 17.5 Å². The van der Waals surface area contributed by atoms with Crippen LogP contribution in [-0.4, -0.2) is 73.5 Å². The second kappa shape index (κ2) is 9.69. The quantitative estimate of drug-likeness (QED) is 0.745. The van der Waals surface area contributed by atoms with Gasteiger partial charge in [-0.25, -0.2) is 0 Å². The number of aryl methyl sites for hydroxylation is 1. The van der Waals surface area contributed by atoms with Crippen LogP contribution in [0.25, 0.3) is 0 Å². The van der Waals surface area contributed by atoms with E-state index in [0.29, 0.717) is 6.42 Å². The van der Waals surface area contributed by atoms with E-state index in [-0.39, 0.29) is 5.91 Å². The molecule has 29 heavy (non-hydrogen) atoms. The standard InChI is InChI=1S/C22H29N5O2/c28-22(8-4-7-19-5-2-1-3-6-19)27-13-11-25(12-14-27)20-9-10-21(24-23-20)26-15-17-29-18-16-26/h1-3,5-6,9-10H,4,7-8,11-18H2. The van der Waals surface area contributed by atoms with E-state index >= 15 is 0 Å². The molecule has 2 aromatic rings. The molecule has 2 aliphatic rings. The number of morpholine rings is 1. The number of amides is 1. The first-order valence-electron chi connectivity index (χ1n) is 10.5. The molecular formula is C22H29N5O2. The zero-order valence-corrected chi connectivity index (χ0v) is 16.9. The maximum Gasteiger partial charge on any atom is 0.222 e. The highest BCUT2D eigenvalue weighted by molar-refractivity contribution is 5.76. The molecule has 0 unspecified atom stereocenters. The highest BCUT2D eigenvalue weighted by Gasteiger charge is 2.22. The molecule has 2 fully saturated rings. The Labute approximate surface area is 172 Å². The first-order valence-corrected chi connectivity index (χ1v) is 10.5. The van der Waals surface area contributed by atoms with Crippen molar-refractivity contribution in [1.82, 2.24) is 15.1 Å². The molecule has 1 amide bonds. The summed E-state index contributed by atoms with van der Waals surface area (Å²) in [5.74, 6) is 2.05. The molecule has 7 heteroatoms. The first-order chi connectivity index (χ1) is 14.3. The van der Waals surface area contributed by atoms with Gasteiger partial charge in [0.15, 0.2) is 11.6 Å². The fourth-order valence-corrected chi connectivity index (χ4v) is 3.88. The Balaban J connectivity index is 1.22. The summed E-state index contributed by atoms with van der Waals surface area (Å²) in [5.41, 5.74) is 1.30. The number of hydrogen-bond donors (Lipinski definition) is 0. The van der Waals surface area contributed by atoms with Gasteiger partial charge in [-0.3, -0.25) is 4.79 Å². The maximum absolute atomic E-state index is 12.5. The van der Waals surface area contributed by atoms with E-state index in [9.17, 15) is 4.79 Å². The molecule has 0 N–H and O–H groups in total. The Bertz CT molecular complexity index is 770. The molecule has 0 aliphatic carbocycles. The van der Waals surface area contributed by atoms with Crippen molar-refractivity contribution < 1.29 is 9.53 Å². The molecule has 4 rings (SSSR count). The lowest BCUT2D eigenvalue weighted by Crippen LogP contribution is -2.49. The highest BCUT2D eigenvalue weighted by Crippen LogP contribution is 2.18. The summed E-state index contributed by atoms with van der Waals surface area (Å²) >= 11 is 0. The number of piperazine rings is 1. The summed E-state index contributed by atoms with van der Waals surface area (Å²) in [7, 11) is 0. The van der Waals surface area contributed by atoms with Gasteiger partial charge in [0.1, 0.15) is 0 Å². The largest absolute Gasteiger partial charge is 0.378 e. The van der Waals surface area contributed by atoms with Gasteiger partial charge in [0.25, 0.3) is 0 Å². The number of carbonyl (C=O) groups is 1. The van der Waals surface area contributed by atoms with E-state index < -0.39 is 0 Å². The average molecular weight is 396 g/mol. The lowest BCUT2D eigenvalue weighted by Gasteiger charge is -2.35. The third-order valence-electron chi connectivity index (χ3n) is 5.63. The second-order valence-electron chi connectivity index (χ2n) is 7.56. The van der Waals surface area contributed by atoms with Crippen LogP contribution < -0.4 is 9.80 Å². The number of anilines is 2. The zero-order valence-electron chi connectivity index (χ0n) is 16.9. The molecule has 0 atom stereocenters. The van der Waals surface area contributed by atoms with Gasteiger partial charge in [-0.1, -0.05) is 30.3 Å².